The molecule has 9 nitrogen and oxygen atoms in total. The summed E-state index contributed by atoms with van der Waals surface area (Å²) in [5.41, 5.74) is 1.90. The summed E-state index contributed by atoms with van der Waals surface area (Å²) >= 11 is 0. The molecule has 2 aliphatic rings. The monoisotopic (exact) mass is 399 g/mol. The fourth-order valence-corrected chi connectivity index (χ4v) is 3.46. The lowest BCUT2D eigenvalue weighted by atomic mass is 10.1. The molecule has 0 unspecified atom stereocenters. The number of hydrogen-bond donors (Lipinski definition) is 2. The van der Waals surface area contributed by atoms with Crippen molar-refractivity contribution in [3.05, 3.63) is 41.5 Å². The van der Waals surface area contributed by atoms with Crippen LogP contribution in [0.3, 0.4) is 0 Å². The van der Waals surface area contributed by atoms with E-state index in [2.05, 4.69) is 15.4 Å². The Morgan fingerprint density at radius 3 is 2.55 bits per heavy atom. The highest BCUT2D eigenvalue weighted by Gasteiger charge is 2.46. The van der Waals surface area contributed by atoms with Crippen molar-refractivity contribution in [2.45, 2.75) is 57.8 Å². The number of fused-ring (bicyclic) bond motifs is 1. The maximum atomic E-state index is 12.5. The van der Waals surface area contributed by atoms with Gasteiger partial charge in [0.1, 0.15) is 5.60 Å². The number of amides is 1. The molecule has 0 bridgehead atoms. The zero-order valence-corrected chi connectivity index (χ0v) is 16.8. The second-order valence-electron chi connectivity index (χ2n) is 8.57. The normalized spacial score (nSPS) is 17.4. The van der Waals surface area contributed by atoms with Crippen molar-refractivity contribution in [2.24, 2.45) is 0 Å². The molecular weight excluding hydrogens is 374 g/mol. The lowest BCUT2D eigenvalue weighted by Crippen LogP contribution is -2.41. The van der Waals surface area contributed by atoms with Crippen LogP contribution in [0, 0.1) is 0 Å². The minimum Gasteiger partial charge on any atom is -0.478 e. The topological polar surface area (TPSA) is 110 Å². The number of hydrogen-bond acceptors (Lipinski definition) is 6. The Morgan fingerprint density at radius 1 is 1.21 bits per heavy atom. The second-order valence-corrected chi connectivity index (χ2v) is 8.57. The third-order valence-corrected chi connectivity index (χ3v) is 5.15. The smallest absolute Gasteiger partial charge is 0.410 e. The molecule has 1 aliphatic carbocycles. The molecule has 0 aromatic carbocycles. The Labute approximate surface area is 168 Å². The van der Waals surface area contributed by atoms with Crippen LogP contribution < -0.4 is 5.32 Å². The van der Waals surface area contributed by atoms with Crippen molar-refractivity contribution >= 4 is 17.7 Å². The molecule has 2 N–H and O–H groups in total. The summed E-state index contributed by atoms with van der Waals surface area (Å²) in [4.78, 5) is 29.6. The van der Waals surface area contributed by atoms with Crippen LogP contribution in [0.15, 0.2) is 24.5 Å². The zero-order valence-electron chi connectivity index (χ0n) is 16.8. The predicted molar refractivity (Wildman–Crippen MR) is 105 cm³/mol. The van der Waals surface area contributed by atoms with Crippen LogP contribution in [0.4, 0.5) is 10.5 Å². The molecule has 0 atom stereocenters. The van der Waals surface area contributed by atoms with E-state index in [1.165, 1.54) is 6.20 Å². The molecule has 3 heterocycles. The summed E-state index contributed by atoms with van der Waals surface area (Å²) in [6, 6.07) is 3.33. The largest absolute Gasteiger partial charge is 0.478 e. The van der Waals surface area contributed by atoms with E-state index >= 15 is 0 Å². The first-order chi connectivity index (χ1) is 13.7. The van der Waals surface area contributed by atoms with Gasteiger partial charge in [-0.1, -0.05) is 0 Å². The van der Waals surface area contributed by atoms with Gasteiger partial charge in [0, 0.05) is 12.7 Å². The fourth-order valence-electron chi connectivity index (χ4n) is 3.46. The van der Waals surface area contributed by atoms with Crippen molar-refractivity contribution in [1.29, 1.82) is 0 Å². The van der Waals surface area contributed by atoms with Crippen LogP contribution in [0.25, 0.3) is 0 Å². The maximum absolute atomic E-state index is 12.5. The minimum atomic E-state index is -0.991. The molecule has 0 radical (unpaired) electrons. The number of aromatic carboxylic acids is 1. The number of ether oxygens (including phenoxy) is 1. The van der Waals surface area contributed by atoms with Crippen LogP contribution in [0.2, 0.25) is 0 Å². The van der Waals surface area contributed by atoms with Gasteiger partial charge in [-0.15, -0.1) is 0 Å². The molecule has 1 amide bonds. The molecule has 2 aromatic heterocycles. The predicted octanol–water partition coefficient (Wildman–Crippen LogP) is 2.83. The van der Waals surface area contributed by atoms with Gasteiger partial charge in [-0.2, -0.15) is 5.10 Å². The highest BCUT2D eigenvalue weighted by atomic mass is 16.6. The molecule has 9 heteroatoms. The van der Waals surface area contributed by atoms with Gasteiger partial charge in [0.05, 0.1) is 47.5 Å². The Bertz CT molecular complexity index is 941. The maximum Gasteiger partial charge on any atom is 0.410 e. The summed E-state index contributed by atoms with van der Waals surface area (Å²) in [5.74, 6) is -0.991. The highest BCUT2D eigenvalue weighted by Crippen LogP contribution is 2.48. The first kappa shape index (κ1) is 19.2. The number of rotatable bonds is 4. The number of anilines is 1. The minimum absolute atomic E-state index is 0.167. The Kier molecular flexibility index (Phi) is 4.48. The van der Waals surface area contributed by atoms with E-state index in [9.17, 15) is 9.59 Å². The first-order valence-electron chi connectivity index (χ1n) is 9.67. The summed E-state index contributed by atoms with van der Waals surface area (Å²) < 4.78 is 7.40. The lowest BCUT2D eigenvalue weighted by Gasteiger charge is -2.31. The molecule has 154 valence electrons. The number of nitrogens with zero attached hydrogens (tertiary/aromatic N) is 4. The first-order valence-corrected chi connectivity index (χ1v) is 9.67. The van der Waals surface area contributed by atoms with Crippen molar-refractivity contribution in [3.63, 3.8) is 0 Å². The molecule has 4 rings (SSSR count). The van der Waals surface area contributed by atoms with Gasteiger partial charge in [0.15, 0.2) is 0 Å². The van der Waals surface area contributed by atoms with Crippen molar-refractivity contribution in [2.75, 3.05) is 11.9 Å². The van der Waals surface area contributed by atoms with E-state index in [4.69, 9.17) is 9.84 Å². The van der Waals surface area contributed by atoms with Gasteiger partial charge < -0.3 is 20.1 Å². The van der Waals surface area contributed by atoms with Crippen molar-refractivity contribution in [3.8, 4) is 0 Å². The number of carbonyl (C=O) groups excluding carboxylic acids is 1. The average molecular weight is 399 g/mol. The Morgan fingerprint density at radius 2 is 1.97 bits per heavy atom. The quantitative estimate of drug-likeness (QED) is 0.813. The SMILES string of the molecule is CC(C)(C)OC(=O)N1CCn2ncc(NC3(c4ccc(C(=O)O)cn4)CC3)c2C1. The number of carbonyl (C=O) groups is 2. The number of nitrogens with one attached hydrogen (secondary N) is 1. The third-order valence-electron chi connectivity index (χ3n) is 5.15. The summed E-state index contributed by atoms with van der Waals surface area (Å²) in [6.07, 6.45) is 4.62. The highest BCUT2D eigenvalue weighted by molar-refractivity contribution is 5.87. The van der Waals surface area contributed by atoms with Gasteiger partial charge in [-0.25, -0.2) is 9.59 Å². The van der Waals surface area contributed by atoms with Gasteiger partial charge in [-0.3, -0.25) is 9.67 Å². The number of carboxylic acids is 1. The van der Waals surface area contributed by atoms with Gasteiger partial charge in [0.2, 0.25) is 0 Å². The van der Waals surface area contributed by atoms with E-state index in [-0.39, 0.29) is 17.2 Å². The van der Waals surface area contributed by atoms with Crippen LogP contribution >= 0.6 is 0 Å². The van der Waals surface area contributed by atoms with Crippen LogP contribution in [0.5, 0.6) is 0 Å². The van der Waals surface area contributed by atoms with Crippen LogP contribution in [-0.2, 0) is 23.4 Å². The van der Waals surface area contributed by atoms with E-state index in [0.29, 0.717) is 19.6 Å². The lowest BCUT2D eigenvalue weighted by molar-refractivity contribution is 0.0195. The zero-order chi connectivity index (χ0) is 20.8. The second kappa shape index (κ2) is 6.75. The van der Waals surface area contributed by atoms with Gasteiger partial charge in [-0.05, 0) is 45.7 Å². The van der Waals surface area contributed by atoms with Gasteiger partial charge in [0.25, 0.3) is 0 Å². The van der Waals surface area contributed by atoms with E-state index in [1.807, 2.05) is 25.5 Å². The summed E-state index contributed by atoms with van der Waals surface area (Å²) in [7, 11) is 0. The summed E-state index contributed by atoms with van der Waals surface area (Å²) in [6.45, 7) is 7.13. The molecule has 2 aromatic rings. The van der Waals surface area contributed by atoms with E-state index < -0.39 is 11.6 Å². The van der Waals surface area contributed by atoms with E-state index in [1.54, 1.807) is 23.2 Å². The van der Waals surface area contributed by atoms with Crippen molar-refractivity contribution in [1.82, 2.24) is 19.7 Å². The van der Waals surface area contributed by atoms with Crippen LogP contribution in [0.1, 0.15) is 55.4 Å². The average Bonchev–Trinajstić information content (AvgIpc) is 3.34. The van der Waals surface area contributed by atoms with Gasteiger partial charge >= 0.3 is 12.1 Å². The summed E-state index contributed by atoms with van der Waals surface area (Å²) in [5, 5.41) is 17.0. The third kappa shape index (κ3) is 3.90. The number of aromatic nitrogens is 3. The standard InChI is InChI=1S/C20H25N5O4/c1-19(2,3)29-18(28)24-8-9-25-15(12-24)14(11-22-25)23-20(6-7-20)16-5-4-13(10-21-16)17(26)27/h4-5,10-11,23H,6-9,12H2,1-3H3,(H,26,27). The Balaban J connectivity index is 1.51. The molecule has 29 heavy (non-hydrogen) atoms. The molecule has 1 fully saturated rings. The molecule has 1 saturated carbocycles. The molecular formula is C20H25N5O4. The molecule has 0 saturated heterocycles. The number of carboxylic acid groups (broad SMARTS) is 1. The van der Waals surface area contributed by atoms with Crippen LogP contribution in [-0.4, -0.2) is 49.0 Å². The molecule has 0 spiro atoms. The fraction of sp³-hybridized carbons (Fsp3) is 0.500. The Hall–Kier alpha value is -3.10. The molecule has 1 aliphatic heterocycles. The number of pyridine rings is 1. The van der Waals surface area contributed by atoms with E-state index in [0.717, 1.165) is 29.9 Å². The van der Waals surface area contributed by atoms with Crippen molar-refractivity contribution < 1.29 is 19.4 Å².